The number of anilines is 3. The Hall–Kier alpha value is -2.87. The average molecular weight is 363 g/mol. The second kappa shape index (κ2) is 7.35. The van der Waals surface area contributed by atoms with Crippen LogP contribution in [0.4, 0.5) is 30.4 Å². The van der Waals surface area contributed by atoms with E-state index in [1.165, 1.54) is 29.7 Å². The first kappa shape index (κ1) is 17.0. The van der Waals surface area contributed by atoms with Gasteiger partial charge in [-0.2, -0.15) is 0 Å². The maximum Gasteiger partial charge on any atom is 0.230 e. The predicted octanol–water partition coefficient (Wildman–Crippen LogP) is 4.49. The lowest BCUT2D eigenvalue weighted by molar-refractivity contribution is -0.115. The summed E-state index contributed by atoms with van der Waals surface area (Å²) >= 11 is 1.48. The van der Waals surface area contributed by atoms with Crippen molar-refractivity contribution < 1.29 is 18.0 Å². The minimum absolute atomic E-state index is 0.206. The van der Waals surface area contributed by atoms with Gasteiger partial charge in [0.15, 0.2) is 17.5 Å². The number of amides is 1. The number of aromatic nitrogens is 1. The zero-order chi connectivity index (χ0) is 17.8. The minimum Gasteiger partial charge on any atom is -0.352 e. The molecular formula is C17H12F3N3OS. The minimum atomic E-state index is -1.55. The molecule has 2 N–H and O–H groups in total. The molecule has 0 fully saturated rings. The highest BCUT2D eigenvalue weighted by atomic mass is 32.1. The van der Waals surface area contributed by atoms with Crippen LogP contribution in [-0.2, 0) is 11.2 Å². The third-order valence-corrected chi connectivity index (χ3v) is 4.14. The Kier molecular flexibility index (Phi) is 4.99. The number of thiophene rings is 1. The van der Waals surface area contributed by atoms with Crippen LogP contribution in [0.5, 0.6) is 0 Å². The number of rotatable bonds is 5. The van der Waals surface area contributed by atoms with Crippen molar-refractivity contribution in [2.75, 3.05) is 10.6 Å². The summed E-state index contributed by atoms with van der Waals surface area (Å²) in [5.74, 6) is -3.99. The number of nitrogens with one attached hydrogen (secondary N) is 2. The molecular weight excluding hydrogens is 351 g/mol. The van der Waals surface area contributed by atoms with Crippen molar-refractivity contribution in [3.8, 4) is 0 Å². The number of pyridine rings is 1. The van der Waals surface area contributed by atoms with Gasteiger partial charge in [0.2, 0.25) is 5.91 Å². The van der Waals surface area contributed by atoms with Gasteiger partial charge in [-0.25, -0.2) is 18.2 Å². The molecule has 0 spiro atoms. The second-order valence-electron chi connectivity index (χ2n) is 5.08. The van der Waals surface area contributed by atoms with Gasteiger partial charge in [-0.3, -0.25) is 4.79 Å². The Labute approximate surface area is 145 Å². The Morgan fingerprint density at radius 2 is 1.92 bits per heavy atom. The van der Waals surface area contributed by atoms with Gasteiger partial charge >= 0.3 is 0 Å². The zero-order valence-corrected chi connectivity index (χ0v) is 13.5. The maximum absolute atomic E-state index is 13.6. The molecule has 0 bridgehead atoms. The summed E-state index contributed by atoms with van der Waals surface area (Å²) < 4.78 is 39.7. The molecule has 0 aliphatic carbocycles. The van der Waals surface area contributed by atoms with Crippen LogP contribution in [0.15, 0.2) is 48.0 Å². The van der Waals surface area contributed by atoms with Crippen molar-refractivity contribution in [1.82, 2.24) is 4.98 Å². The largest absolute Gasteiger partial charge is 0.352 e. The van der Waals surface area contributed by atoms with Crippen LogP contribution in [0, 0.1) is 17.5 Å². The zero-order valence-electron chi connectivity index (χ0n) is 12.7. The number of carbonyl (C=O) groups is 1. The molecule has 1 amide bonds. The molecule has 0 unspecified atom stereocenters. The lowest BCUT2D eigenvalue weighted by Gasteiger charge is -2.09. The molecule has 0 radical (unpaired) electrons. The van der Waals surface area contributed by atoms with Gasteiger partial charge in [0.05, 0.1) is 24.0 Å². The molecule has 25 heavy (non-hydrogen) atoms. The Morgan fingerprint density at radius 3 is 2.60 bits per heavy atom. The molecule has 1 aromatic carbocycles. The first-order valence-corrected chi connectivity index (χ1v) is 8.09. The Balaban J connectivity index is 1.64. The van der Waals surface area contributed by atoms with Gasteiger partial charge in [0.25, 0.3) is 0 Å². The van der Waals surface area contributed by atoms with Crippen molar-refractivity contribution in [2.45, 2.75) is 6.42 Å². The number of nitrogens with zero attached hydrogens (tertiary/aromatic N) is 1. The summed E-state index contributed by atoms with van der Waals surface area (Å²) in [7, 11) is 0. The first-order chi connectivity index (χ1) is 12.0. The van der Waals surface area contributed by atoms with Gasteiger partial charge in [-0.15, -0.1) is 11.3 Å². The molecule has 2 heterocycles. The summed E-state index contributed by atoms with van der Waals surface area (Å²) in [5, 5.41) is 7.13. The molecule has 4 nitrogen and oxygen atoms in total. The average Bonchev–Trinajstić information content (AvgIpc) is 3.10. The Bertz CT molecular complexity index is 883. The van der Waals surface area contributed by atoms with E-state index in [0.717, 1.165) is 17.0 Å². The third kappa shape index (κ3) is 4.16. The molecule has 0 saturated carbocycles. The monoisotopic (exact) mass is 363 g/mol. The van der Waals surface area contributed by atoms with E-state index in [-0.39, 0.29) is 18.0 Å². The quantitative estimate of drug-likeness (QED) is 0.657. The smallest absolute Gasteiger partial charge is 0.230 e. The van der Waals surface area contributed by atoms with E-state index < -0.39 is 17.5 Å². The topological polar surface area (TPSA) is 54.0 Å². The van der Waals surface area contributed by atoms with E-state index in [9.17, 15) is 18.0 Å². The molecule has 3 rings (SSSR count). The molecule has 128 valence electrons. The molecule has 0 atom stereocenters. The summed E-state index contributed by atoms with van der Waals surface area (Å²) in [5.41, 5.74) is 0.149. The van der Waals surface area contributed by atoms with Crippen LogP contribution in [0.3, 0.4) is 0 Å². The van der Waals surface area contributed by atoms with Crippen LogP contribution < -0.4 is 10.6 Å². The summed E-state index contributed by atoms with van der Waals surface area (Å²) in [6.45, 7) is 0. The molecule has 0 saturated heterocycles. The van der Waals surface area contributed by atoms with Crippen molar-refractivity contribution in [2.24, 2.45) is 0 Å². The maximum atomic E-state index is 13.6. The highest BCUT2D eigenvalue weighted by Gasteiger charge is 2.13. The predicted molar refractivity (Wildman–Crippen MR) is 90.5 cm³/mol. The van der Waals surface area contributed by atoms with Crippen LogP contribution in [0.25, 0.3) is 0 Å². The second-order valence-corrected chi connectivity index (χ2v) is 6.12. The van der Waals surface area contributed by atoms with Gasteiger partial charge in [0.1, 0.15) is 5.82 Å². The number of halogens is 3. The number of benzene rings is 1. The van der Waals surface area contributed by atoms with E-state index in [1.54, 1.807) is 0 Å². The highest BCUT2D eigenvalue weighted by Crippen LogP contribution is 2.23. The third-order valence-electron chi connectivity index (χ3n) is 3.26. The fraction of sp³-hybridized carbons (Fsp3) is 0.0588. The van der Waals surface area contributed by atoms with Gasteiger partial charge in [-0.05, 0) is 35.7 Å². The summed E-state index contributed by atoms with van der Waals surface area (Å²) in [6.07, 6.45) is 1.60. The highest BCUT2D eigenvalue weighted by molar-refractivity contribution is 7.10. The summed E-state index contributed by atoms with van der Waals surface area (Å²) in [6, 6.07) is 8.70. The van der Waals surface area contributed by atoms with Crippen molar-refractivity contribution >= 4 is 34.4 Å². The normalized spacial score (nSPS) is 10.5. The molecule has 0 aliphatic rings. The van der Waals surface area contributed by atoms with Gasteiger partial charge < -0.3 is 10.6 Å². The lowest BCUT2D eigenvalue weighted by atomic mass is 10.2. The fourth-order valence-corrected chi connectivity index (χ4v) is 2.78. The SMILES string of the molecule is O=C(Cc1cccs1)Nc1ccc(Nc2ccc(F)c(F)c2F)cn1. The van der Waals surface area contributed by atoms with E-state index in [4.69, 9.17) is 0 Å². The van der Waals surface area contributed by atoms with Crippen molar-refractivity contribution in [3.63, 3.8) is 0 Å². The van der Waals surface area contributed by atoms with Crippen LogP contribution in [-0.4, -0.2) is 10.9 Å². The van der Waals surface area contributed by atoms with Gasteiger partial charge in [-0.1, -0.05) is 6.07 Å². The van der Waals surface area contributed by atoms with Crippen molar-refractivity contribution in [1.29, 1.82) is 0 Å². The molecule has 3 aromatic rings. The van der Waals surface area contributed by atoms with Gasteiger partial charge in [0, 0.05) is 4.88 Å². The molecule has 0 aliphatic heterocycles. The Morgan fingerprint density at radius 1 is 1.08 bits per heavy atom. The molecule has 8 heteroatoms. The van der Waals surface area contributed by atoms with E-state index in [0.29, 0.717) is 11.5 Å². The van der Waals surface area contributed by atoms with E-state index in [2.05, 4.69) is 15.6 Å². The van der Waals surface area contributed by atoms with Crippen LogP contribution in [0.2, 0.25) is 0 Å². The summed E-state index contributed by atoms with van der Waals surface area (Å²) in [4.78, 5) is 16.9. The number of hydrogen-bond acceptors (Lipinski definition) is 4. The fourth-order valence-electron chi connectivity index (χ4n) is 2.08. The standard InChI is InChI=1S/C17H12F3N3OS/c18-12-4-5-13(17(20)16(12)19)22-10-3-6-14(21-9-10)23-15(24)8-11-2-1-7-25-11/h1-7,9,22H,8H2,(H,21,23,24). The molecule has 2 aromatic heterocycles. The van der Waals surface area contributed by atoms with E-state index in [1.807, 2.05) is 17.5 Å². The first-order valence-electron chi connectivity index (χ1n) is 7.22. The van der Waals surface area contributed by atoms with E-state index >= 15 is 0 Å². The number of carbonyl (C=O) groups excluding carboxylic acids is 1. The van der Waals surface area contributed by atoms with Crippen molar-refractivity contribution in [3.05, 3.63) is 70.3 Å². The lowest BCUT2D eigenvalue weighted by Crippen LogP contribution is -2.14. The number of hydrogen-bond donors (Lipinski definition) is 2. The van der Waals surface area contributed by atoms with Crippen LogP contribution >= 0.6 is 11.3 Å². The van der Waals surface area contributed by atoms with Crippen LogP contribution in [0.1, 0.15) is 4.88 Å².